The highest BCUT2D eigenvalue weighted by Crippen LogP contribution is 2.30. The van der Waals surface area contributed by atoms with Gasteiger partial charge in [-0.2, -0.15) is 0 Å². The molecule has 2 unspecified atom stereocenters. The summed E-state index contributed by atoms with van der Waals surface area (Å²) in [6, 6.07) is 4.53. The zero-order valence-corrected chi connectivity index (χ0v) is 13.1. The second-order valence-electron chi connectivity index (χ2n) is 5.36. The lowest BCUT2D eigenvalue weighted by molar-refractivity contribution is -0.0462. The van der Waals surface area contributed by atoms with E-state index in [-0.39, 0.29) is 18.0 Å². The van der Waals surface area contributed by atoms with Gasteiger partial charge in [-0.15, -0.1) is 0 Å². The van der Waals surface area contributed by atoms with E-state index >= 15 is 0 Å². The highest BCUT2D eigenvalue weighted by Gasteiger charge is 2.30. The Bertz CT molecular complexity index is 454. The number of methoxy groups -OCH3 is 1. The van der Waals surface area contributed by atoms with Gasteiger partial charge >= 0.3 is 0 Å². The molecule has 1 aliphatic rings. The van der Waals surface area contributed by atoms with Gasteiger partial charge in [0.2, 0.25) is 0 Å². The number of ether oxygens (including phenoxy) is 2. The summed E-state index contributed by atoms with van der Waals surface area (Å²) in [7, 11) is 3.48. The van der Waals surface area contributed by atoms with Crippen LogP contribution in [0, 0.1) is 5.82 Å². The average molecular weight is 296 g/mol. The van der Waals surface area contributed by atoms with E-state index in [1.807, 2.05) is 7.05 Å². The molecule has 1 aromatic carbocycles. The Morgan fingerprint density at radius 3 is 3.00 bits per heavy atom. The summed E-state index contributed by atoms with van der Waals surface area (Å²) in [5, 5.41) is 3.25. The normalized spacial score (nSPS) is 21.2. The van der Waals surface area contributed by atoms with E-state index in [4.69, 9.17) is 9.47 Å². The van der Waals surface area contributed by atoms with Gasteiger partial charge in [-0.25, -0.2) is 4.39 Å². The van der Waals surface area contributed by atoms with Crippen LogP contribution in [0.1, 0.15) is 24.9 Å². The van der Waals surface area contributed by atoms with Gasteiger partial charge < -0.3 is 14.8 Å². The summed E-state index contributed by atoms with van der Waals surface area (Å²) in [6.45, 7) is 5.76. The molecule has 118 valence electrons. The minimum Gasteiger partial charge on any atom is -0.496 e. The van der Waals surface area contributed by atoms with Gasteiger partial charge in [-0.3, -0.25) is 4.90 Å². The SMILES string of the molecule is CCCN1CCOC(C(NC)c2cc(F)ccc2OC)C1. The molecule has 1 aliphatic heterocycles. The minimum absolute atomic E-state index is 0.00833. The van der Waals surface area contributed by atoms with E-state index in [9.17, 15) is 4.39 Å². The number of hydrogen-bond acceptors (Lipinski definition) is 4. The zero-order valence-electron chi connectivity index (χ0n) is 13.1. The van der Waals surface area contributed by atoms with E-state index in [0.29, 0.717) is 12.4 Å². The maximum Gasteiger partial charge on any atom is 0.123 e. The molecular weight excluding hydrogens is 271 g/mol. The standard InChI is InChI=1S/C16H25FN2O2/c1-4-7-19-8-9-21-15(11-19)16(18-2)13-10-12(17)5-6-14(13)20-3/h5-6,10,15-16,18H,4,7-9,11H2,1-3H3. The molecule has 1 heterocycles. The third kappa shape index (κ3) is 3.93. The van der Waals surface area contributed by atoms with Crippen LogP contribution in [0.4, 0.5) is 4.39 Å². The smallest absolute Gasteiger partial charge is 0.123 e. The van der Waals surface area contributed by atoms with Gasteiger partial charge in [0, 0.05) is 18.7 Å². The van der Waals surface area contributed by atoms with Gasteiger partial charge in [0.25, 0.3) is 0 Å². The third-order valence-corrected chi connectivity index (χ3v) is 3.93. The lowest BCUT2D eigenvalue weighted by Gasteiger charge is -2.37. The summed E-state index contributed by atoms with van der Waals surface area (Å²) >= 11 is 0. The van der Waals surface area contributed by atoms with Gasteiger partial charge in [-0.05, 0) is 38.2 Å². The maximum atomic E-state index is 13.6. The van der Waals surface area contributed by atoms with Gasteiger partial charge in [0.05, 0.1) is 25.9 Å². The number of hydrogen-bond donors (Lipinski definition) is 1. The van der Waals surface area contributed by atoms with Crippen molar-refractivity contribution in [3.63, 3.8) is 0 Å². The Balaban J connectivity index is 2.20. The highest BCUT2D eigenvalue weighted by molar-refractivity contribution is 5.37. The average Bonchev–Trinajstić information content (AvgIpc) is 2.49. The minimum atomic E-state index is -0.257. The van der Waals surface area contributed by atoms with Crippen molar-refractivity contribution in [3.05, 3.63) is 29.6 Å². The van der Waals surface area contributed by atoms with Crippen LogP contribution in [-0.4, -0.2) is 51.4 Å². The molecule has 2 atom stereocenters. The van der Waals surface area contributed by atoms with Crippen LogP contribution in [0.25, 0.3) is 0 Å². The largest absolute Gasteiger partial charge is 0.496 e. The first kappa shape index (κ1) is 16.2. The molecule has 0 radical (unpaired) electrons. The molecule has 1 fully saturated rings. The van der Waals surface area contributed by atoms with Crippen molar-refractivity contribution in [3.8, 4) is 5.75 Å². The fraction of sp³-hybridized carbons (Fsp3) is 0.625. The summed E-state index contributed by atoms with van der Waals surface area (Å²) in [6.07, 6.45) is 1.12. The van der Waals surface area contributed by atoms with Gasteiger partial charge in [0.1, 0.15) is 11.6 Å². The summed E-state index contributed by atoms with van der Waals surface area (Å²) < 4.78 is 24.9. The topological polar surface area (TPSA) is 33.7 Å². The first-order valence-corrected chi connectivity index (χ1v) is 7.54. The number of halogens is 1. The van der Waals surface area contributed by atoms with Crippen LogP contribution in [-0.2, 0) is 4.74 Å². The van der Waals surface area contributed by atoms with E-state index in [2.05, 4.69) is 17.1 Å². The Hall–Kier alpha value is -1.17. The fourth-order valence-corrected chi connectivity index (χ4v) is 2.94. The number of rotatable bonds is 6. The second kappa shape index (κ2) is 7.73. The molecule has 4 nitrogen and oxygen atoms in total. The molecule has 1 aromatic rings. The van der Waals surface area contributed by atoms with Crippen LogP contribution in [0.3, 0.4) is 0 Å². The first-order valence-electron chi connectivity index (χ1n) is 7.54. The number of nitrogens with zero attached hydrogens (tertiary/aromatic N) is 1. The van der Waals surface area contributed by atoms with Crippen molar-refractivity contribution in [1.82, 2.24) is 10.2 Å². The number of likely N-dealkylation sites (N-methyl/N-ethyl adjacent to an activating group) is 1. The predicted octanol–water partition coefficient (Wildman–Crippen LogP) is 2.21. The third-order valence-electron chi connectivity index (χ3n) is 3.93. The predicted molar refractivity (Wildman–Crippen MR) is 81.2 cm³/mol. The van der Waals surface area contributed by atoms with Crippen LogP contribution in [0.2, 0.25) is 0 Å². The molecule has 5 heteroatoms. The summed E-state index contributed by atoms with van der Waals surface area (Å²) in [5.41, 5.74) is 0.809. The quantitative estimate of drug-likeness (QED) is 0.872. The molecule has 21 heavy (non-hydrogen) atoms. The maximum absolute atomic E-state index is 13.6. The lowest BCUT2D eigenvalue weighted by atomic mass is 9.98. The Labute approximate surface area is 126 Å². The van der Waals surface area contributed by atoms with Crippen molar-refractivity contribution < 1.29 is 13.9 Å². The molecule has 2 rings (SSSR count). The van der Waals surface area contributed by atoms with Crippen molar-refractivity contribution in [2.45, 2.75) is 25.5 Å². The molecule has 1 N–H and O–H groups in total. The zero-order chi connectivity index (χ0) is 15.2. The molecule has 0 saturated carbocycles. The van der Waals surface area contributed by atoms with Crippen molar-refractivity contribution >= 4 is 0 Å². The Morgan fingerprint density at radius 1 is 1.52 bits per heavy atom. The van der Waals surface area contributed by atoms with Gasteiger partial charge in [0.15, 0.2) is 0 Å². The molecule has 0 aliphatic carbocycles. The van der Waals surface area contributed by atoms with Crippen LogP contribution in [0.15, 0.2) is 18.2 Å². The number of nitrogens with one attached hydrogen (secondary N) is 1. The number of benzene rings is 1. The lowest BCUT2D eigenvalue weighted by Crippen LogP contribution is -2.47. The first-order chi connectivity index (χ1) is 10.2. The van der Waals surface area contributed by atoms with Crippen LogP contribution < -0.4 is 10.1 Å². The molecular formula is C16H25FN2O2. The highest BCUT2D eigenvalue weighted by atomic mass is 19.1. The summed E-state index contributed by atoms with van der Waals surface area (Å²) in [5.74, 6) is 0.430. The van der Waals surface area contributed by atoms with E-state index in [1.165, 1.54) is 12.1 Å². The Morgan fingerprint density at radius 2 is 2.33 bits per heavy atom. The molecule has 0 aromatic heterocycles. The molecule has 1 saturated heterocycles. The van der Waals surface area contributed by atoms with Crippen molar-refractivity contribution in [2.24, 2.45) is 0 Å². The van der Waals surface area contributed by atoms with Crippen LogP contribution in [0.5, 0.6) is 5.75 Å². The van der Waals surface area contributed by atoms with E-state index in [0.717, 1.165) is 31.6 Å². The van der Waals surface area contributed by atoms with Crippen molar-refractivity contribution in [2.75, 3.05) is 40.4 Å². The second-order valence-corrected chi connectivity index (χ2v) is 5.36. The number of morpholine rings is 1. The van der Waals surface area contributed by atoms with E-state index in [1.54, 1.807) is 13.2 Å². The van der Waals surface area contributed by atoms with Crippen LogP contribution >= 0.6 is 0 Å². The fourth-order valence-electron chi connectivity index (χ4n) is 2.94. The Kier molecular flexibility index (Phi) is 5.96. The molecule has 0 spiro atoms. The molecule has 0 amide bonds. The van der Waals surface area contributed by atoms with Crippen molar-refractivity contribution in [1.29, 1.82) is 0 Å². The monoisotopic (exact) mass is 296 g/mol. The van der Waals surface area contributed by atoms with E-state index < -0.39 is 0 Å². The summed E-state index contributed by atoms with van der Waals surface area (Å²) in [4.78, 5) is 2.39. The molecule has 0 bridgehead atoms. The van der Waals surface area contributed by atoms with Gasteiger partial charge in [-0.1, -0.05) is 6.92 Å².